The van der Waals surface area contributed by atoms with E-state index in [0.717, 1.165) is 0 Å². The second-order valence-corrected chi connectivity index (χ2v) is 17.4. The van der Waals surface area contributed by atoms with Gasteiger partial charge in [-0.05, 0) is 0 Å². The number of carboxylic acids is 2. The van der Waals surface area contributed by atoms with Gasteiger partial charge in [-0.3, -0.25) is 0 Å². The summed E-state index contributed by atoms with van der Waals surface area (Å²) in [5.74, 6) is -3.81. The van der Waals surface area contributed by atoms with E-state index in [-0.39, 0.29) is 14.9 Å². The van der Waals surface area contributed by atoms with Gasteiger partial charge in [-0.2, -0.15) is 0 Å². The summed E-state index contributed by atoms with van der Waals surface area (Å²) in [4.78, 5) is 22.6. The first-order chi connectivity index (χ1) is 14.3. The van der Waals surface area contributed by atoms with Crippen molar-refractivity contribution in [2.45, 2.75) is 63.7 Å². The molecular weight excluding hydrogens is 684 g/mol. The Morgan fingerprint density at radius 3 is 1.30 bits per heavy atom. The molecule has 0 aromatic carbocycles. The van der Waals surface area contributed by atoms with Gasteiger partial charge in [-0.25, -0.2) is 0 Å². The molecule has 196 valence electrons. The predicted molar refractivity (Wildman–Crippen MR) is 100 cm³/mol. The quantitative estimate of drug-likeness (QED) is 0.110. The van der Waals surface area contributed by atoms with Gasteiger partial charge in [0.15, 0.2) is 0 Å². The van der Waals surface area contributed by atoms with Gasteiger partial charge >= 0.3 is 184 Å². The van der Waals surface area contributed by atoms with Gasteiger partial charge < -0.3 is 0 Å². The van der Waals surface area contributed by atoms with Crippen molar-refractivity contribution in [2.24, 2.45) is 0 Å². The van der Waals surface area contributed by atoms with Gasteiger partial charge in [-0.15, -0.1) is 0 Å². The zero-order chi connectivity index (χ0) is 23.7. The van der Waals surface area contributed by atoms with Gasteiger partial charge in [0.05, 0.1) is 0 Å². The van der Waals surface area contributed by atoms with Gasteiger partial charge in [0, 0.05) is 0 Å². The summed E-state index contributed by atoms with van der Waals surface area (Å²) in [5, 5.41) is 75.6. The monoisotopic (exact) mass is 710 g/mol. The molecule has 2 fully saturated rings. The van der Waals surface area contributed by atoms with Crippen LogP contribution in [0, 0.1) is 0 Å². The van der Waals surface area contributed by atoms with Crippen molar-refractivity contribution in [1.29, 1.82) is 0 Å². The first kappa shape index (κ1) is 32.7. The molecule has 0 spiro atoms. The van der Waals surface area contributed by atoms with Crippen molar-refractivity contribution >= 4 is 52.0 Å². The molecule has 2 aliphatic rings. The number of carbonyl (C=O) groups is 2. The molecule has 0 aromatic heterocycles. The molecule has 0 radical (unpaired) electrons. The van der Waals surface area contributed by atoms with E-state index in [2.05, 4.69) is 7.32 Å². The van der Waals surface area contributed by atoms with Crippen LogP contribution in [-0.4, -0.2) is 155 Å². The van der Waals surface area contributed by atoms with Crippen molar-refractivity contribution in [3.8, 4) is 0 Å². The third-order valence-electron chi connectivity index (χ3n) is 4.10. The molecule has 0 aliphatic carbocycles. The molecule has 2 rings (SSSR count). The molecule has 2 saturated heterocycles. The zero-order valence-electron chi connectivity index (χ0n) is 15.2. The number of rotatable bonds is 8. The van der Waals surface area contributed by atoms with E-state index < -0.39 is 114 Å². The Bertz CT molecular complexity index is 713. The molecule has 8 N–H and O–H groups in total. The molecule has 0 saturated carbocycles. The van der Waals surface area contributed by atoms with Gasteiger partial charge in [0.25, 0.3) is 0 Å². The van der Waals surface area contributed by atoms with E-state index >= 15 is 0 Å². The van der Waals surface area contributed by atoms with Crippen LogP contribution >= 0.6 is 0 Å². The van der Waals surface area contributed by atoms with Crippen LogP contribution in [0.3, 0.4) is 0 Å². The van der Waals surface area contributed by atoms with Gasteiger partial charge in [0.2, 0.25) is 0 Å². The molecular formula is C14H28O17Sb2. The van der Waals surface area contributed by atoms with Crippen molar-refractivity contribution < 1.29 is 69.8 Å². The first-order valence-electron chi connectivity index (χ1n) is 8.32. The van der Waals surface area contributed by atoms with Crippen molar-refractivity contribution in [1.82, 2.24) is 0 Å². The van der Waals surface area contributed by atoms with Crippen LogP contribution in [-0.2, 0) is 29.0 Å². The summed E-state index contributed by atoms with van der Waals surface area (Å²) >= 11 is -13.0. The van der Waals surface area contributed by atoms with Crippen molar-refractivity contribution in [3.63, 3.8) is 0 Å². The summed E-state index contributed by atoms with van der Waals surface area (Å²) < 4.78 is 49.3. The first-order valence-corrected chi connectivity index (χ1v) is 16.7. The molecule has 17 nitrogen and oxygen atoms in total. The van der Waals surface area contributed by atoms with Crippen molar-refractivity contribution in [3.05, 3.63) is 0 Å². The van der Waals surface area contributed by atoms with Crippen LogP contribution in [0.4, 0.5) is 0 Å². The molecule has 0 amide bonds. The van der Waals surface area contributed by atoms with Crippen LogP contribution in [0.1, 0.15) is 14.9 Å². The normalized spacial score (nSPS) is 40.5. The average Bonchev–Trinajstić information content (AvgIpc) is 2.69. The van der Waals surface area contributed by atoms with Gasteiger partial charge in [-0.1, -0.05) is 14.9 Å². The fourth-order valence-electron chi connectivity index (χ4n) is 2.61. The SMILES string of the molecule is C.C.O=C(O)C1[O][Sb](=[O])([O][Sb]2(=[O])[O]C(C(=O)O)C(O)C(C(O)CO)[O]2)[O]C(C(O)CO)C1O. The van der Waals surface area contributed by atoms with E-state index in [0.29, 0.717) is 0 Å². The number of carboxylic acid groups (broad SMARTS) is 2. The molecule has 8 unspecified atom stereocenters. The van der Waals surface area contributed by atoms with E-state index in [9.17, 15) is 36.1 Å². The van der Waals surface area contributed by atoms with E-state index in [1.807, 2.05) is 0 Å². The third-order valence-corrected chi connectivity index (χ3v) is 18.5. The second-order valence-electron chi connectivity index (χ2n) is 6.33. The number of aliphatic hydroxyl groups is 6. The Hall–Kier alpha value is -0.264. The Labute approximate surface area is 198 Å². The summed E-state index contributed by atoms with van der Waals surface area (Å²) in [6.07, 6.45) is -17.1. The number of aliphatic carboxylic acids is 2. The van der Waals surface area contributed by atoms with Crippen LogP contribution in [0.25, 0.3) is 0 Å². The Kier molecular flexibility index (Phi) is 12.5. The standard InChI is InChI=1S/2C6H10O7.2CH4.3O.2Sb/c2*7-1-2(8)3(9)4(10)5(11)6(12)13;;;;;;;/h2*2-5,7-8,10H,1H2,(H,12,13);2*1H4;;;;;/q2*-2;;;;;;2*+2. The minimum atomic E-state index is -6.51. The van der Waals surface area contributed by atoms with Crippen LogP contribution in [0.2, 0.25) is 0 Å². The molecule has 33 heavy (non-hydrogen) atoms. The molecule has 8 atom stereocenters. The second kappa shape index (κ2) is 12.6. The topological polar surface area (TPSA) is 276 Å². The maximum atomic E-state index is 12.9. The summed E-state index contributed by atoms with van der Waals surface area (Å²) in [5.41, 5.74) is 0. The number of hydrogen-bond donors (Lipinski definition) is 8. The number of aliphatic hydroxyl groups excluding tert-OH is 6. The minimum absolute atomic E-state index is 0. The van der Waals surface area contributed by atoms with E-state index in [1.54, 1.807) is 0 Å². The predicted octanol–water partition coefficient (Wildman–Crippen LogP) is -4.83. The van der Waals surface area contributed by atoms with Crippen LogP contribution in [0.15, 0.2) is 0 Å². The summed E-state index contributed by atoms with van der Waals surface area (Å²) in [7, 11) is 0. The maximum absolute atomic E-state index is 12.9. The Morgan fingerprint density at radius 2 is 1.06 bits per heavy atom. The third kappa shape index (κ3) is 7.36. The van der Waals surface area contributed by atoms with Crippen LogP contribution in [0.5, 0.6) is 0 Å². The fraction of sp³-hybridized carbons (Fsp3) is 0.857. The van der Waals surface area contributed by atoms with Crippen LogP contribution < -0.4 is 0 Å². The van der Waals surface area contributed by atoms with Crippen molar-refractivity contribution in [2.75, 3.05) is 13.2 Å². The molecule has 19 heteroatoms. The number of hydrogen-bond acceptors (Lipinski definition) is 15. The Morgan fingerprint density at radius 1 is 0.758 bits per heavy atom. The summed E-state index contributed by atoms with van der Waals surface area (Å²) in [6.45, 7) is -2.19. The zero-order valence-corrected chi connectivity index (χ0v) is 20.3. The average molecular weight is 712 g/mol. The Balaban J connectivity index is 0.00000512. The molecule has 0 bridgehead atoms. The van der Waals surface area contributed by atoms with Gasteiger partial charge in [0.1, 0.15) is 0 Å². The summed E-state index contributed by atoms with van der Waals surface area (Å²) in [6, 6.07) is 0. The fourth-order valence-corrected chi connectivity index (χ4v) is 17.7. The molecule has 2 heterocycles. The molecule has 2 aliphatic heterocycles. The molecule has 0 aromatic rings. The van der Waals surface area contributed by atoms with E-state index in [4.69, 9.17) is 26.5 Å². The van der Waals surface area contributed by atoms with E-state index in [1.165, 1.54) is 0 Å².